The minimum Gasteiger partial charge on any atom is -0.361 e. The van der Waals surface area contributed by atoms with Crippen molar-refractivity contribution in [3.05, 3.63) is 76.1 Å². The summed E-state index contributed by atoms with van der Waals surface area (Å²) in [7, 11) is 1.86. The van der Waals surface area contributed by atoms with Crippen molar-refractivity contribution in [3.8, 4) is 0 Å². The minimum absolute atomic E-state index is 0.104. The number of hydrogen-bond donors (Lipinski definition) is 3. The Morgan fingerprint density at radius 3 is 2.55 bits per heavy atom. The van der Waals surface area contributed by atoms with E-state index in [4.69, 9.17) is 0 Å². The Morgan fingerprint density at radius 2 is 1.79 bits per heavy atom. The van der Waals surface area contributed by atoms with Crippen molar-refractivity contribution in [2.75, 3.05) is 13.6 Å². The average molecular weight is 443 g/mol. The quantitative estimate of drug-likeness (QED) is 0.175. The van der Waals surface area contributed by atoms with Crippen LogP contribution in [0, 0.1) is 10.1 Å². The Balaban J connectivity index is 1.81. The summed E-state index contributed by atoms with van der Waals surface area (Å²) in [4.78, 5) is 40.5. The minimum atomic E-state index is -0.562. The summed E-state index contributed by atoms with van der Waals surface area (Å²) < 4.78 is 1.91. The standard InChI is InChI=1S/C24H21N5O4/c1-25-10-5-11-28-13-16(20-18(28)8-4-9-19(20)29(32)33)22-21(23(30)27-24(22)31)15-12-26-17-7-3-2-6-14(15)17/h2-4,6-9,12-13,25-26H,5,10-11H2,1H3,(H,27,30,31). The molecule has 2 aromatic carbocycles. The van der Waals surface area contributed by atoms with Crippen LogP contribution in [0.5, 0.6) is 0 Å². The number of aryl methyl sites for hydroxylation is 1. The van der Waals surface area contributed by atoms with Crippen LogP contribution in [0.15, 0.2) is 54.9 Å². The number of non-ortho nitro benzene ring substituents is 1. The van der Waals surface area contributed by atoms with Crippen LogP contribution in [0.2, 0.25) is 0 Å². The summed E-state index contributed by atoms with van der Waals surface area (Å²) in [6, 6.07) is 12.3. The fourth-order valence-electron chi connectivity index (χ4n) is 4.53. The number of hydrogen-bond acceptors (Lipinski definition) is 5. The molecule has 0 fully saturated rings. The molecule has 3 heterocycles. The van der Waals surface area contributed by atoms with Gasteiger partial charge >= 0.3 is 0 Å². The molecular weight excluding hydrogens is 422 g/mol. The second-order valence-electron chi connectivity index (χ2n) is 7.90. The van der Waals surface area contributed by atoms with Gasteiger partial charge in [0.1, 0.15) is 0 Å². The number of benzene rings is 2. The molecule has 0 unspecified atom stereocenters. The van der Waals surface area contributed by atoms with E-state index in [0.717, 1.165) is 23.9 Å². The summed E-state index contributed by atoms with van der Waals surface area (Å²) in [6.07, 6.45) is 4.23. The lowest BCUT2D eigenvalue weighted by molar-refractivity contribution is -0.383. The van der Waals surface area contributed by atoms with Gasteiger partial charge in [-0.25, -0.2) is 0 Å². The van der Waals surface area contributed by atoms with Crippen molar-refractivity contribution in [3.63, 3.8) is 0 Å². The first kappa shape index (κ1) is 20.7. The second-order valence-corrected chi connectivity index (χ2v) is 7.90. The van der Waals surface area contributed by atoms with Gasteiger partial charge in [-0.2, -0.15) is 0 Å². The Labute approximate surface area is 188 Å². The molecule has 2 aromatic heterocycles. The number of rotatable bonds is 7. The number of imide groups is 1. The molecule has 4 aromatic rings. The lowest BCUT2D eigenvalue weighted by atomic mass is 9.95. The van der Waals surface area contributed by atoms with Crippen molar-refractivity contribution in [1.29, 1.82) is 0 Å². The number of aromatic nitrogens is 2. The highest BCUT2D eigenvalue weighted by molar-refractivity contribution is 6.51. The van der Waals surface area contributed by atoms with Gasteiger partial charge in [-0.15, -0.1) is 0 Å². The highest BCUT2D eigenvalue weighted by Crippen LogP contribution is 2.41. The van der Waals surface area contributed by atoms with Gasteiger partial charge in [-0.05, 0) is 32.1 Å². The summed E-state index contributed by atoms with van der Waals surface area (Å²) >= 11 is 0. The number of nitrogens with one attached hydrogen (secondary N) is 3. The number of nitrogens with zero attached hydrogens (tertiary/aromatic N) is 2. The zero-order valence-corrected chi connectivity index (χ0v) is 17.8. The molecule has 0 saturated carbocycles. The van der Waals surface area contributed by atoms with E-state index < -0.39 is 16.7 Å². The average Bonchev–Trinajstić information content (AvgIpc) is 3.46. The second kappa shape index (κ2) is 8.03. The van der Waals surface area contributed by atoms with Gasteiger partial charge in [0.25, 0.3) is 17.5 Å². The van der Waals surface area contributed by atoms with E-state index in [1.54, 1.807) is 24.5 Å². The smallest absolute Gasteiger partial charge is 0.279 e. The molecule has 2 amide bonds. The molecule has 0 bridgehead atoms. The SMILES string of the molecule is CNCCCn1cc(C2=C(c3c[nH]c4ccccc34)C(=O)NC2=O)c2c([N+](=O)[O-])cccc21. The van der Waals surface area contributed by atoms with Gasteiger partial charge in [-0.3, -0.25) is 25.0 Å². The van der Waals surface area contributed by atoms with Crippen molar-refractivity contribution in [2.45, 2.75) is 13.0 Å². The Bertz CT molecular complexity index is 1480. The molecule has 9 heteroatoms. The third-order valence-corrected chi connectivity index (χ3v) is 5.97. The highest BCUT2D eigenvalue weighted by atomic mass is 16.6. The number of H-pyrrole nitrogens is 1. The summed E-state index contributed by atoms with van der Waals surface area (Å²) in [5.41, 5.74) is 2.69. The lowest BCUT2D eigenvalue weighted by Crippen LogP contribution is -2.22. The monoisotopic (exact) mass is 443 g/mol. The van der Waals surface area contributed by atoms with E-state index in [1.807, 2.05) is 35.9 Å². The molecule has 9 nitrogen and oxygen atoms in total. The van der Waals surface area contributed by atoms with E-state index in [-0.39, 0.29) is 16.8 Å². The fourth-order valence-corrected chi connectivity index (χ4v) is 4.53. The summed E-state index contributed by atoms with van der Waals surface area (Å²) in [6.45, 7) is 1.37. The topological polar surface area (TPSA) is 122 Å². The van der Waals surface area contributed by atoms with Crippen LogP contribution in [0.4, 0.5) is 5.69 Å². The number of aromatic amines is 1. The van der Waals surface area contributed by atoms with Crippen LogP contribution in [-0.4, -0.2) is 39.9 Å². The molecule has 1 aliphatic heterocycles. The van der Waals surface area contributed by atoms with E-state index in [1.165, 1.54) is 6.07 Å². The lowest BCUT2D eigenvalue weighted by Gasteiger charge is -2.04. The normalized spacial score (nSPS) is 14.0. The molecule has 1 aliphatic rings. The third-order valence-electron chi connectivity index (χ3n) is 5.97. The number of amides is 2. The van der Waals surface area contributed by atoms with Gasteiger partial charge in [0.2, 0.25) is 0 Å². The van der Waals surface area contributed by atoms with Crippen molar-refractivity contribution >= 4 is 50.5 Å². The van der Waals surface area contributed by atoms with Crippen LogP contribution in [0.3, 0.4) is 0 Å². The number of nitro benzene ring substituents is 1. The maximum atomic E-state index is 13.0. The zero-order valence-electron chi connectivity index (χ0n) is 17.8. The Kier molecular flexibility index (Phi) is 5.02. The van der Waals surface area contributed by atoms with Crippen LogP contribution in [0.25, 0.3) is 33.0 Å². The Morgan fingerprint density at radius 1 is 1.03 bits per heavy atom. The van der Waals surface area contributed by atoms with Crippen LogP contribution < -0.4 is 10.6 Å². The molecule has 33 heavy (non-hydrogen) atoms. The molecule has 0 spiro atoms. The number of nitro groups is 1. The summed E-state index contributed by atoms with van der Waals surface area (Å²) in [5, 5.41) is 18.5. The molecule has 0 radical (unpaired) electrons. The van der Waals surface area contributed by atoms with Gasteiger partial charge in [0.05, 0.1) is 27.0 Å². The first-order valence-corrected chi connectivity index (χ1v) is 10.6. The fraction of sp³-hybridized carbons (Fsp3) is 0.167. The third kappa shape index (κ3) is 3.30. The van der Waals surface area contributed by atoms with Gasteiger partial charge < -0.3 is 14.9 Å². The first-order valence-electron chi connectivity index (χ1n) is 10.6. The predicted octanol–water partition coefficient (Wildman–Crippen LogP) is 3.21. The van der Waals surface area contributed by atoms with E-state index in [0.29, 0.717) is 28.6 Å². The van der Waals surface area contributed by atoms with Gasteiger partial charge in [-0.1, -0.05) is 24.3 Å². The zero-order chi connectivity index (χ0) is 23.1. The maximum Gasteiger partial charge on any atom is 0.279 e. The highest BCUT2D eigenvalue weighted by Gasteiger charge is 2.36. The molecule has 3 N–H and O–H groups in total. The number of para-hydroxylation sites is 1. The van der Waals surface area contributed by atoms with Gasteiger partial charge in [0, 0.05) is 47.0 Å². The molecule has 166 valence electrons. The predicted molar refractivity (Wildman–Crippen MR) is 125 cm³/mol. The van der Waals surface area contributed by atoms with Crippen LogP contribution >= 0.6 is 0 Å². The summed E-state index contributed by atoms with van der Waals surface area (Å²) in [5.74, 6) is -1.08. The van der Waals surface area contributed by atoms with Crippen LogP contribution in [0.1, 0.15) is 17.5 Å². The molecule has 0 saturated heterocycles. The Hall–Kier alpha value is -4.24. The number of carbonyl (C=O) groups is 2. The maximum absolute atomic E-state index is 13.0. The molecule has 5 rings (SSSR count). The van der Waals surface area contributed by atoms with E-state index >= 15 is 0 Å². The molecule has 0 aliphatic carbocycles. The van der Waals surface area contributed by atoms with Gasteiger partial charge in [0.15, 0.2) is 0 Å². The van der Waals surface area contributed by atoms with Crippen molar-refractivity contribution < 1.29 is 14.5 Å². The van der Waals surface area contributed by atoms with Crippen molar-refractivity contribution in [2.24, 2.45) is 0 Å². The van der Waals surface area contributed by atoms with E-state index in [9.17, 15) is 19.7 Å². The van der Waals surface area contributed by atoms with Crippen molar-refractivity contribution in [1.82, 2.24) is 20.2 Å². The number of fused-ring (bicyclic) bond motifs is 2. The largest absolute Gasteiger partial charge is 0.361 e. The number of carbonyl (C=O) groups excluding carboxylic acids is 2. The molecular formula is C24H21N5O4. The first-order chi connectivity index (χ1) is 16.0. The van der Waals surface area contributed by atoms with Crippen LogP contribution in [-0.2, 0) is 16.1 Å². The molecule has 0 atom stereocenters. The van der Waals surface area contributed by atoms with E-state index in [2.05, 4.69) is 15.6 Å².